The second kappa shape index (κ2) is 3.86. The minimum absolute atomic E-state index is 1.12. The summed E-state index contributed by atoms with van der Waals surface area (Å²) in [6.45, 7) is 0. The van der Waals surface area contributed by atoms with Crippen molar-refractivity contribution < 1.29 is 0 Å². The van der Waals surface area contributed by atoms with Crippen molar-refractivity contribution in [3.8, 4) is 0 Å². The topological polar surface area (TPSA) is 0 Å². The highest BCUT2D eigenvalue weighted by molar-refractivity contribution is 9.11. The lowest BCUT2D eigenvalue weighted by molar-refractivity contribution is 1.70. The Labute approximate surface area is 111 Å². The summed E-state index contributed by atoms with van der Waals surface area (Å²) in [5.74, 6) is 0. The van der Waals surface area contributed by atoms with E-state index in [0.717, 1.165) is 8.95 Å². The van der Waals surface area contributed by atoms with Gasteiger partial charge in [-0.3, -0.25) is 0 Å². The number of benzene rings is 3. The summed E-state index contributed by atoms with van der Waals surface area (Å²) < 4.78 is 2.27. The van der Waals surface area contributed by atoms with Crippen molar-refractivity contribution in [2.45, 2.75) is 0 Å². The van der Waals surface area contributed by atoms with Gasteiger partial charge in [-0.2, -0.15) is 0 Å². The van der Waals surface area contributed by atoms with Crippen LogP contribution >= 0.6 is 31.9 Å². The molecule has 0 atom stereocenters. The van der Waals surface area contributed by atoms with E-state index in [2.05, 4.69) is 80.4 Å². The summed E-state index contributed by atoms with van der Waals surface area (Å²) in [5, 5.41) is 5.11. The zero-order chi connectivity index (χ0) is 11.1. The minimum atomic E-state index is 1.12. The molecule has 0 aliphatic heterocycles. The van der Waals surface area contributed by atoms with E-state index in [9.17, 15) is 0 Å². The predicted molar refractivity (Wildman–Crippen MR) is 76.9 cm³/mol. The molecule has 3 aromatic rings. The van der Waals surface area contributed by atoms with Crippen LogP contribution in [-0.2, 0) is 0 Å². The second-order valence-corrected chi connectivity index (χ2v) is 5.54. The third-order valence-corrected chi connectivity index (χ3v) is 3.97. The summed E-state index contributed by atoms with van der Waals surface area (Å²) in [7, 11) is 0. The van der Waals surface area contributed by atoms with Crippen LogP contribution in [0, 0.1) is 0 Å². The van der Waals surface area contributed by atoms with E-state index >= 15 is 0 Å². The van der Waals surface area contributed by atoms with Crippen molar-refractivity contribution >= 4 is 53.4 Å². The Morgan fingerprint density at radius 3 is 2.38 bits per heavy atom. The molecule has 3 aromatic carbocycles. The third kappa shape index (κ3) is 1.57. The Bertz CT molecular complexity index is 687. The molecule has 0 nitrogen and oxygen atoms in total. The van der Waals surface area contributed by atoms with Crippen LogP contribution in [0.1, 0.15) is 0 Å². The van der Waals surface area contributed by atoms with Gasteiger partial charge < -0.3 is 0 Å². The number of hydrogen-bond donors (Lipinski definition) is 0. The summed E-state index contributed by atoms with van der Waals surface area (Å²) >= 11 is 7.09. The normalized spacial score (nSPS) is 11.1. The molecular weight excluding hydrogens is 328 g/mol. The van der Waals surface area contributed by atoms with Crippen molar-refractivity contribution in [3.05, 3.63) is 57.5 Å². The number of halogens is 2. The van der Waals surface area contributed by atoms with Gasteiger partial charge in [0.25, 0.3) is 0 Å². The zero-order valence-electron chi connectivity index (χ0n) is 8.37. The zero-order valence-corrected chi connectivity index (χ0v) is 11.5. The van der Waals surface area contributed by atoms with Gasteiger partial charge in [-0.1, -0.05) is 62.2 Å². The molecule has 2 heteroatoms. The number of rotatable bonds is 0. The Hall–Kier alpha value is -0.860. The van der Waals surface area contributed by atoms with Gasteiger partial charge >= 0.3 is 0 Å². The molecule has 0 saturated carbocycles. The van der Waals surface area contributed by atoms with Gasteiger partial charge in [0.2, 0.25) is 0 Å². The van der Waals surface area contributed by atoms with Gasteiger partial charge in [-0.25, -0.2) is 0 Å². The van der Waals surface area contributed by atoms with Crippen LogP contribution in [0.5, 0.6) is 0 Å². The van der Waals surface area contributed by atoms with Crippen LogP contribution < -0.4 is 0 Å². The van der Waals surface area contributed by atoms with Gasteiger partial charge in [-0.15, -0.1) is 0 Å². The lowest BCUT2D eigenvalue weighted by Crippen LogP contribution is -1.78. The molecule has 0 radical (unpaired) electrons. The fourth-order valence-corrected chi connectivity index (χ4v) is 2.91. The standard InChI is InChI=1S/C14H8Br2/c15-10-5-7-11-9(8-10)4-6-13-12(11)2-1-3-14(13)16/h1-8H. The fourth-order valence-electron chi connectivity index (χ4n) is 2.03. The molecule has 0 N–H and O–H groups in total. The van der Waals surface area contributed by atoms with Crippen molar-refractivity contribution in [1.82, 2.24) is 0 Å². The average molecular weight is 336 g/mol. The highest BCUT2D eigenvalue weighted by Gasteiger charge is 2.02. The smallest absolute Gasteiger partial charge is 0.0253 e. The summed E-state index contributed by atoms with van der Waals surface area (Å²) in [5.41, 5.74) is 0. The van der Waals surface area contributed by atoms with E-state index in [0.29, 0.717) is 0 Å². The molecule has 0 bridgehead atoms. The molecule has 16 heavy (non-hydrogen) atoms. The first-order valence-electron chi connectivity index (χ1n) is 5.02. The van der Waals surface area contributed by atoms with E-state index in [1.807, 2.05) is 0 Å². The van der Waals surface area contributed by atoms with Crippen LogP contribution in [0.25, 0.3) is 21.5 Å². The molecule has 0 heterocycles. The van der Waals surface area contributed by atoms with Gasteiger partial charge in [0, 0.05) is 8.95 Å². The van der Waals surface area contributed by atoms with E-state index < -0.39 is 0 Å². The van der Waals surface area contributed by atoms with Crippen molar-refractivity contribution in [1.29, 1.82) is 0 Å². The fraction of sp³-hybridized carbons (Fsp3) is 0. The lowest BCUT2D eigenvalue weighted by atomic mass is 10.0. The highest BCUT2D eigenvalue weighted by atomic mass is 79.9. The third-order valence-electron chi connectivity index (χ3n) is 2.79. The van der Waals surface area contributed by atoms with E-state index in [4.69, 9.17) is 0 Å². The van der Waals surface area contributed by atoms with E-state index in [1.165, 1.54) is 21.5 Å². The van der Waals surface area contributed by atoms with Crippen LogP contribution in [-0.4, -0.2) is 0 Å². The van der Waals surface area contributed by atoms with E-state index in [1.54, 1.807) is 0 Å². The van der Waals surface area contributed by atoms with Crippen molar-refractivity contribution in [2.75, 3.05) is 0 Å². The van der Waals surface area contributed by atoms with Crippen molar-refractivity contribution in [2.24, 2.45) is 0 Å². The maximum Gasteiger partial charge on any atom is 0.0253 e. The maximum absolute atomic E-state index is 3.59. The summed E-state index contributed by atoms with van der Waals surface area (Å²) in [6.07, 6.45) is 0. The first kappa shape index (κ1) is 10.3. The summed E-state index contributed by atoms with van der Waals surface area (Å²) in [6, 6.07) is 17.0. The number of fused-ring (bicyclic) bond motifs is 3. The quantitative estimate of drug-likeness (QED) is 0.474. The van der Waals surface area contributed by atoms with Crippen LogP contribution in [0.3, 0.4) is 0 Å². The molecule has 0 unspecified atom stereocenters. The minimum Gasteiger partial charge on any atom is -0.0605 e. The van der Waals surface area contributed by atoms with Gasteiger partial charge in [0.15, 0.2) is 0 Å². The average Bonchev–Trinajstić information content (AvgIpc) is 2.28. The van der Waals surface area contributed by atoms with Gasteiger partial charge in [0.05, 0.1) is 0 Å². The van der Waals surface area contributed by atoms with E-state index in [-0.39, 0.29) is 0 Å². The Kier molecular flexibility index (Phi) is 2.49. The van der Waals surface area contributed by atoms with Gasteiger partial charge in [0.1, 0.15) is 0 Å². The molecule has 0 aliphatic rings. The monoisotopic (exact) mass is 334 g/mol. The highest BCUT2D eigenvalue weighted by Crippen LogP contribution is 2.31. The molecule has 0 fully saturated rings. The lowest BCUT2D eigenvalue weighted by Gasteiger charge is -2.05. The second-order valence-electron chi connectivity index (χ2n) is 3.77. The molecule has 78 valence electrons. The number of hydrogen-bond acceptors (Lipinski definition) is 0. The molecule has 0 saturated heterocycles. The molecule has 0 aromatic heterocycles. The molecule has 0 spiro atoms. The van der Waals surface area contributed by atoms with Gasteiger partial charge in [-0.05, 0) is 39.7 Å². The van der Waals surface area contributed by atoms with Crippen LogP contribution in [0.15, 0.2) is 57.5 Å². The molecule has 0 aliphatic carbocycles. The molecular formula is C14H8Br2. The van der Waals surface area contributed by atoms with Crippen molar-refractivity contribution in [3.63, 3.8) is 0 Å². The van der Waals surface area contributed by atoms with Crippen LogP contribution in [0.4, 0.5) is 0 Å². The predicted octanol–water partition coefficient (Wildman–Crippen LogP) is 5.52. The first-order chi connectivity index (χ1) is 7.75. The molecule has 3 rings (SSSR count). The Morgan fingerprint density at radius 2 is 1.50 bits per heavy atom. The Morgan fingerprint density at radius 1 is 0.688 bits per heavy atom. The summed E-state index contributed by atoms with van der Waals surface area (Å²) in [4.78, 5) is 0. The Balaban J connectivity index is 2.55. The largest absolute Gasteiger partial charge is 0.0605 e. The van der Waals surface area contributed by atoms with Crippen LogP contribution in [0.2, 0.25) is 0 Å². The maximum atomic E-state index is 3.59. The SMILES string of the molecule is Brc1ccc2c(ccc3c(Br)cccc32)c1. The molecule has 0 amide bonds. The first-order valence-corrected chi connectivity index (χ1v) is 6.61.